The van der Waals surface area contributed by atoms with Crippen LogP contribution in [0.4, 0.5) is 5.69 Å². The molecule has 1 aliphatic rings. The predicted octanol–water partition coefficient (Wildman–Crippen LogP) is 5.89. The van der Waals surface area contributed by atoms with E-state index in [1.54, 1.807) is 30.0 Å². The number of aliphatic imine (C=N–C) groups is 1. The van der Waals surface area contributed by atoms with Crippen molar-refractivity contribution < 1.29 is 0 Å². The second-order valence-corrected chi connectivity index (χ2v) is 7.08. The molecule has 0 aliphatic carbocycles. The molecule has 1 fully saturated rings. The van der Waals surface area contributed by atoms with Gasteiger partial charge in [-0.25, -0.2) is 4.99 Å². The molecule has 0 radical (unpaired) electrons. The largest absolute Gasteiger partial charge is 0.311 e. The quantitative estimate of drug-likeness (QED) is 0.597. The summed E-state index contributed by atoms with van der Waals surface area (Å²) < 4.78 is 0. The fourth-order valence-electron chi connectivity index (χ4n) is 1.90. The van der Waals surface area contributed by atoms with Gasteiger partial charge >= 0.3 is 0 Å². The van der Waals surface area contributed by atoms with Gasteiger partial charge in [-0.2, -0.15) is 0 Å². The number of hydrogen-bond acceptors (Lipinski definition) is 2. The molecule has 112 valence electrons. The Morgan fingerprint density at radius 1 is 1.05 bits per heavy atom. The third kappa shape index (κ3) is 3.42. The van der Waals surface area contributed by atoms with Crippen LogP contribution >= 0.6 is 58.8 Å². The first kappa shape index (κ1) is 16.1. The summed E-state index contributed by atoms with van der Waals surface area (Å²) in [5.74, 6) is 0.831. The van der Waals surface area contributed by atoms with Crippen LogP contribution in [0.1, 0.15) is 5.56 Å². The molecule has 0 saturated carbocycles. The Labute approximate surface area is 153 Å². The molecule has 1 saturated heterocycles. The summed E-state index contributed by atoms with van der Waals surface area (Å²) in [5.41, 5.74) is 1.74. The van der Waals surface area contributed by atoms with E-state index >= 15 is 0 Å². The van der Waals surface area contributed by atoms with Crippen molar-refractivity contribution in [1.82, 2.24) is 0 Å². The molecule has 7 heteroatoms. The number of hydrogen-bond donors (Lipinski definition) is 0. The number of benzene rings is 2. The Kier molecular flexibility index (Phi) is 4.95. The summed E-state index contributed by atoms with van der Waals surface area (Å²) in [5, 5.41) is 2.63. The molecule has 1 aliphatic heterocycles. The normalized spacial score (nSPS) is 15.8. The van der Waals surface area contributed by atoms with Gasteiger partial charge in [-0.3, -0.25) is 0 Å². The lowest BCUT2D eigenvalue weighted by Crippen LogP contribution is -2.39. The molecular weight excluding hydrogens is 379 g/mol. The van der Waals surface area contributed by atoms with Crippen LogP contribution in [0.25, 0.3) is 0 Å². The lowest BCUT2D eigenvalue weighted by atomic mass is 10.2. The lowest BCUT2D eigenvalue weighted by molar-refractivity contribution is 1.21. The lowest BCUT2D eigenvalue weighted by Gasteiger charge is -2.33. The Hall–Kier alpha value is -0.780. The van der Waals surface area contributed by atoms with Crippen LogP contribution in [-0.2, 0) is 0 Å². The minimum Gasteiger partial charge on any atom is -0.311 e. The third-order valence-corrected chi connectivity index (χ3v) is 5.12. The molecule has 22 heavy (non-hydrogen) atoms. The molecule has 2 nitrogen and oxygen atoms in total. The average molecular weight is 388 g/mol. The summed E-state index contributed by atoms with van der Waals surface area (Å²) in [7, 11) is 0. The number of nitrogens with zero attached hydrogens (tertiary/aromatic N) is 2. The predicted molar refractivity (Wildman–Crippen MR) is 102 cm³/mol. The highest BCUT2D eigenvalue weighted by atomic mass is 35.5. The molecule has 2 aromatic carbocycles. The van der Waals surface area contributed by atoms with Crippen LogP contribution in [0, 0.1) is 0 Å². The Balaban J connectivity index is 1.82. The van der Waals surface area contributed by atoms with E-state index in [2.05, 4.69) is 9.89 Å². The zero-order valence-electron chi connectivity index (χ0n) is 11.1. The van der Waals surface area contributed by atoms with Crippen molar-refractivity contribution >= 4 is 74.6 Å². The number of anilines is 1. The van der Waals surface area contributed by atoms with Crippen LogP contribution in [0.15, 0.2) is 47.5 Å². The highest BCUT2D eigenvalue weighted by Gasteiger charge is 2.25. The SMILES string of the molecule is S=C(N=C1SCN1c1ccc(Cl)cc1)c1ccc(Cl)cc1Cl. The van der Waals surface area contributed by atoms with Gasteiger partial charge in [-0.05, 0) is 42.5 Å². The van der Waals surface area contributed by atoms with Gasteiger partial charge in [0, 0.05) is 21.3 Å². The van der Waals surface area contributed by atoms with Crippen LogP contribution in [-0.4, -0.2) is 16.0 Å². The first-order chi connectivity index (χ1) is 10.5. The van der Waals surface area contributed by atoms with Crippen molar-refractivity contribution in [3.63, 3.8) is 0 Å². The minimum absolute atomic E-state index is 0.447. The fraction of sp³-hybridized carbons (Fsp3) is 0.0667. The van der Waals surface area contributed by atoms with Gasteiger partial charge in [0.2, 0.25) is 0 Å². The molecule has 0 unspecified atom stereocenters. The molecule has 0 bridgehead atoms. The molecule has 0 aromatic heterocycles. The molecule has 2 aromatic rings. The maximum absolute atomic E-state index is 6.16. The number of halogens is 3. The topological polar surface area (TPSA) is 15.6 Å². The maximum atomic E-state index is 6.16. The van der Waals surface area contributed by atoms with Gasteiger partial charge in [0.1, 0.15) is 4.99 Å². The molecule has 0 amide bonds. The second kappa shape index (κ2) is 6.77. The molecule has 3 rings (SSSR count). The van der Waals surface area contributed by atoms with Gasteiger partial charge in [0.15, 0.2) is 5.17 Å². The molecule has 0 N–H and O–H groups in total. The summed E-state index contributed by atoms with van der Waals surface area (Å²) in [4.78, 5) is 7.01. The van der Waals surface area contributed by atoms with E-state index in [9.17, 15) is 0 Å². The first-order valence-corrected chi connectivity index (χ1v) is 8.81. The van der Waals surface area contributed by atoms with E-state index < -0.39 is 0 Å². The highest BCUT2D eigenvalue weighted by Crippen LogP contribution is 2.32. The van der Waals surface area contributed by atoms with Gasteiger partial charge in [0.05, 0.1) is 10.9 Å². The summed E-state index contributed by atoms with van der Waals surface area (Å²) in [6, 6.07) is 12.8. The number of thiocarbonyl (C=S) groups is 1. The number of amidine groups is 1. The van der Waals surface area contributed by atoms with Crippen molar-refractivity contribution in [3.8, 4) is 0 Å². The van der Waals surface area contributed by atoms with Gasteiger partial charge < -0.3 is 4.90 Å². The van der Waals surface area contributed by atoms with Gasteiger partial charge in [0.25, 0.3) is 0 Å². The Morgan fingerprint density at radius 2 is 1.73 bits per heavy atom. The van der Waals surface area contributed by atoms with E-state index in [0.717, 1.165) is 16.7 Å². The zero-order chi connectivity index (χ0) is 15.7. The maximum Gasteiger partial charge on any atom is 0.172 e. The third-order valence-electron chi connectivity index (χ3n) is 3.05. The summed E-state index contributed by atoms with van der Waals surface area (Å²) >= 11 is 25.0. The van der Waals surface area contributed by atoms with E-state index in [4.69, 9.17) is 47.0 Å². The average Bonchev–Trinajstić information content (AvgIpc) is 2.45. The van der Waals surface area contributed by atoms with Crippen LogP contribution in [0.5, 0.6) is 0 Å². The number of rotatable bonds is 2. The standard InChI is InChI=1S/C15H9Cl3N2S2/c16-9-1-4-11(5-2-9)20-8-22-15(20)19-14(21)12-6-3-10(17)7-13(12)18/h1-7H,8H2. The first-order valence-electron chi connectivity index (χ1n) is 6.28. The van der Waals surface area contributed by atoms with Crippen molar-refractivity contribution in [2.45, 2.75) is 0 Å². The smallest absolute Gasteiger partial charge is 0.172 e. The van der Waals surface area contributed by atoms with E-state index in [-0.39, 0.29) is 0 Å². The van der Waals surface area contributed by atoms with Crippen LogP contribution in [0.3, 0.4) is 0 Å². The molecule has 1 heterocycles. The second-order valence-electron chi connectivity index (χ2n) is 4.50. The fourth-order valence-corrected chi connectivity index (χ4v) is 3.68. The number of thioether (sulfide) groups is 1. The highest BCUT2D eigenvalue weighted by molar-refractivity contribution is 8.16. The van der Waals surface area contributed by atoms with E-state index in [1.807, 2.05) is 24.3 Å². The summed E-state index contributed by atoms with van der Waals surface area (Å²) in [6.45, 7) is 0. The van der Waals surface area contributed by atoms with Gasteiger partial charge in [-0.15, -0.1) is 0 Å². The Morgan fingerprint density at radius 3 is 2.32 bits per heavy atom. The molecule has 0 atom stereocenters. The van der Waals surface area contributed by atoms with Crippen molar-refractivity contribution in [3.05, 3.63) is 63.1 Å². The molecular formula is C15H9Cl3N2S2. The van der Waals surface area contributed by atoms with Crippen LogP contribution < -0.4 is 4.90 Å². The monoisotopic (exact) mass is 386 g/mol. The van der Waals surface area contributed by atoms with E-state index in [0.29, 0.717) is 25.6 Å². The van der Waals surface area contributed by atoms with Crippen LogP contribution in [0.2, 0.25) is 15.1 Å². The summed E-state index contributed by atoms with van der Waals surface area (Å²) in [6.07, 6.45) is 0. The van der Waals surface area contributed by atoms with Crippen molar-refractivity contribution in [1.29, 1.82) is 0 Å². The van der Waals surface area contributed by atoms with Crippen molar-refractivity contribution in [2.75, 3.05) is 10.8 Å². The van der Waals surface area contributed by atoms with E-state index in [1.165, 1.54) is 0 Å². The van der Waals surface area contributed by atoms with Gasteiger partial charge in [-0.1, -0.05) is 58.8 Å². The zero-order valence-corrected chi connectivity index (χ0v) is 15.0. The Bertz CT molecular complexity index is 760. The molecule has 0 spiro atoms. The van der Waals surface area contributed by atoms with Crippen molar-refractivity contribution in [2.24, 2.45) is 4.99 Å². The minimum atomic E-state index is 0.447.